The van der Waals surface area contributed by atoms with Gasteiger partial charge in [-0.25, -0.2) is 19.9 Å². The van der Waals surface area contributed by atoms with Crippen LogP contribution in [0.1, 0.15) is 13.3 Å². The maximum absolute atomic E-state index is 5.94. The first kappa shape index (κ1) is 23.4. The van der Waals surface area contributed by atoms with Gasteiger partial charge < -0.3 is 23.8 Å². The van der Waals surface area contributed by atoms with Crippen molar-refractivity contribution in [3.63, 3.8) is 0 Å². The Labute approximate surface area is 196 Å². The van der Waals surface area contributed by atoms with Crippen molar-refractivity contribution in [1.82, 2.24) is 24.5 Å². The third-order valence-corrected chi connectivity index (χ3v) is 7.74. The van der Waals surface area contributed by atoms with E-state index in [9.17, 15) is 0 Å². The van der Waals surface area contributed by atoms with E-state index >= 15 is 0 Å². The zero-order valence-electron chi connectivity index (χ0n) is 20.4. The molecule has 0 aromatic carbocycles. The summed E-state index contributed by atoms with van der Waals surface area (Å²) < 4.78 is 13.4. The molecule has 0 saturated carbocycles. The average molecular weight is 470 g/mol. The van der Waals surface area contributed by atoms with Gasteiger partial charge in [-0.1, -0.05) is 19.6 Å². The predicted octanol–water partition coefficient (Wildman–Crippen LogP) is 3.65. The SMILES string of the molecule is CCOc1cnc(N(C)[C@@H]2CCN(c3ncnc4c3ccn4COCC[Si](C)(C)C)C2)cn1. The van der Waals surface area contributed by atoms with Crippen LogP contribution in [-0.2, 0) is 11.5 Å². The summed E-state index contributed by atoms with van der Waals surface area (Å²) in [6, 6.07) is 3.59. The van der Waals surface area contributed by atoms with Crippen LogP contribution >= 0.6 is 0 Å². The summed E-state index contributed by atoms with van der Waals surface area (Å²) in [6.07, 6.45) is 8.19. The maximum atomic E-state index is 5.94. The smallest absolute Gasteiger partial charge is 0.232 e. The fraction of sp³-hybridized carbons (Fsp3) is 0.565. The molecular weight excluding hydrogens is 434 g/mol. The van der Waals surface area contributed by atoms with Crippen molar-refractivity contribution in [2.45, 2.75) is 51.8 Å². The molecule has 3 aromatic rings. The molecule has 0 amide bonds. The van der Waals surface area contributed by atoms with Crippen LogP contribution in [0.4, 0.5) is 11.6 Å². The number of hydrogen-bond donors (Lipinski definition) is 0. The van der Waals surface area contributed by atoms with E-state index in [2.05, 4.69) is 67.1 Å². The highest BCUT2D eigenvalue weighted by molar-refractivity contribution is 6.76. The second-order valence-electron chi connectivity index (χ2n) is 9.71. The Morgan fingerprint density at radius 1 is 1.15 bits per heavy atom. The van der Waals surface area contributed by atoms with Crippen LogP contribution in [0.5, 0.6) is 5.88 Å². The molecule has 4 heterocycles. The molecule has 0 N–H and O–H groups in total. The molecule has 1 saturated heterocycles. The van der Waals surface area contributed by atoms with Crippen molar-refractivity contribution in [3.05, 3.63) is 31.0 Å². The number of hydrogen-bond acceptors (Lipinski definition) is 8. The van der Waals surface area contributed by atoms with Crippen molar-refractivity contribution in [1.29, 1.82) is 0 Å². The number of aromatic nitrogens is 5. The summed E-state index contributed by atoms with van der Waals surface area (Å²) in [5.74, 6) is 2.38. The van der Waals surface area contributed by atoms with Gasteiger partial charge in [-0.3, -0.25) is 0 Å². The zero-order chi connectivity index (χ0) is 23.4. The van der Waals surface area contributed by atoms with Gasteiger partial charge in [0.15, 0.2) is 0 Å². The third-order valence-electron chi connectivity index (χ3n) is 6.04. The molecule has 1 aliphatic heterocycles. The number of fused-ring (bicyclic) bond motifs is 1. The van der Waals surface area contributed by atoms with E-state index in [0.717, 1.165) is 54.8 Å². The van der Waals surface area contributed by atoms with E-state index in [1.165, 1.54) is 0 Å². The van der Waals surface area contributed by atoms with Crippen LogP contribution in [0.15, 0.2) is 31.0 Å². The molecule has 0 radical (unpaired) electrons. The summed E-state index contributed by atoms with van der Waals surface area (Å²) >= 11 is 0. The van der Waals surface area contributed by atoms with Crippen LogP contribution in [0, 0.1) is 0 Å². The van der Waals surface area contributed by atoms with Crippen molar-refractivity contribution in [2.24, 2.45) is 0 Å². The number of rotatable bonds is 10. The van der Waals surface area contributed by atoms with Crippen LogP contribution < -0.4 is 14.5 Å². The standard InChI is InChI=1S/C23H35N7O2Si/c1-6-32-21-14-24-20(13-25-21)28(2)18-7-9-29(15-18)22-19-8-10-30(23(19)27-16-26-22)17-31-11-12-33(3,4)5/h8,10,13-14,16,18H,6-7,9,11-12,15,17H2,1-5H3/t18-/m1/s1. The van der Waals surface area contributed by atoms with Crippen LogP contribution in [-0.4, -0.2) is 72.0 Å². The lowest BCUT2D eigenvalue weighted by atomic mass is 10.2. The number of nitrogens with zero attached hydrogens (tertiary/aromatic N) is 7. The van der Waals surface area contributed by atoms with Gasteiger partial charge in [0.2, 0.25) is 5.88 Å². The number of ether oxygens (including phenoxy) is 2. The minimum Gasteiger partial charge on any atom is -0.477 e. The first-order chi connectivity index (χ1) is 15.9. The first-order valence-electron chi connectivity index (χ1n) is 11.7. The molecule has 1 aliphatic rings. The normalized spacial score (nSPS) is 16.5. The second kappa shape index (κ2) is 10.0. The fourth-order valence-corrected chi connectivity index (χ4v) is 4.80. The van der Waals surface area contributed by atoms with E-state index in [1.807, 2.05) is 13.1 Å². The lowest BCUT2D eigenvalue weighted by molar-refractivity contribution is 0.0899. The average Bonchev–Trinajstić information content (AvgIpc) is 3.44. The Balaban J connectivity index is 1.41. The van der Waals surface area contributed by atoms with Gasteiger partial charge in [-0.2, -0.15) is 0 Å². The molecule has 1 fully saturated rings. The lowest BCUT2D eigenvalue weighted by Gasteiger charge is -2.26. The second-order valence-corrected chi connectivity index (χ2v) is 15.3. The van der Waals surface area contributed by atoms with E-state index in [4.69, 9.17) is 9.47 Å². The summed E-state index contributed by atoms with van der Waals surface area (Å²) in [7, 11) is 0.980. The topological polar surface area (TPSA) is 81.4 Å². The van der Waals surface area contributed by atoms with Gasteiger partial charge in [-0.15, -0.1) is 0 Å². The van der Waals surface area contributed by atoms with E-state index in [-0.39, 0.29) is 0 Å². The van der Waals surface area contributed by atoms with Gasteiger partial charge in [-0.05, 0) is 25.5 Å². The van der Waals surface area contributed by atoms with E-state index in [0.29, 0.717) is 25.3 Å². The Morgan fingerprint density at radius 2 is 2.00 bits per heavy atom. The molecule has 0 unspecified atom stereocenters. The minimum atomic E-state index is -1.09. The van der Waals surface area contributed by atoms with Gasteiger partial charge in [0.25, 0.3) is 0 Å². The summed E-state index contributed by atoms with van der Waals surface area (Å²) in [4.78, 5) is 22.6. The molecule has 33 heavy (non-hydrogen) atoms. The quantitative estimate of drug-likeness (QED) is 0.329. The Kier molecular flexibility index (Phi) is 7.13. The predicted molar refractivity (Wildman–Crippen MR) is 134 cm³/mol. The van der Waals surface area contributed by atoms with Crippen molar-refractivity contribution in [3.8, 4) is 5.88 Å². The largest absolute Gasteiger partial charge is 0.477 e. The van der Waals surface area contributed by atoms with Gasteiger partial charge in [0.1, 0.15) is 30.3 Å². The van der Waals surface area contributed by atoms with Crippen molar-refractivity contribution >= 4 is 30.7 Å². The highest BCUT2D eigenvalue weighted by Crippen LogP contribution is 2.29. The Morgan fingerprint density at radius 3 is 2.73 bits per heavy atom. The first-order valence-corrected chi connectivity index (χ1v) is 15.4. The van der Waals surface area contributed by atoms with Crippen molar-refractivity contribution < 1.29 is 9.47 Å². The van der Waals surface area contributed by atoms with Gasteiger partial charge in [0.05, 0.1) is 24.4 Å². The zero-order valence-corrected chi connectivity index (χ0v) is 21.4. The molecule has 0 spiro atoms. The van der Waals surface area contributed by atoms with Crippen LogP contribution in [0.2, 0.25) is 25.7 Å². The van der Waals surface area contributed by atoms with E-state index in [1.54, 1.807) is 18.7 Å². The molecule has 4 rings (SSSR count). The minimum absolute atomic E-state index is 0.328. The third kappa shape index (κ3) is 5.62. The van der Waals surface area contributed by atoms with Crippen molar-refractivity contribution in [2.75, 3.05) is 43.2 Å². The fourth-order valence-electron chi connectivity index (χ4n) is 4.04. The summed E-state index contributed by atoms with van der Waals surface area (Å²) in [6.45, 7) is 12.7. The molecular formula is C23H35N7O2Si. The van der Waals surface area contributed by atoms with Gasteiger partial charge >= 0.3 is 0 Å². The Bertz CT molecular complexity index is 1050. The summed E-state index contributed by atoms with van der Waals surface area (Å²) in [5.41, 5.74) is 0.919. The highest BCUT2D eigenvalue weighted by Gasteiger charge is 2.29. The Hall–Kier alpha value is -2.72. The summed E-state index contributed by atoms with van der Waals surface area (Å²) in [5, 5.41) is 1.07. The number of likely N-dealkylation sites (N-methyl/N-ethyl adjacent to an activating group) is 1. The monoisotopic (exact) mass is 469 g/mol. The number of anilines is 2. The molecule has 10 heteroatoms. The molecule has 1 atom stereocenters. The molecule has 3 aromatic heterocycles. The van der Waals surface area contributed by atoms with Crippen LogP contribution in [0.25, 0.3) is 11.0 Å². The lowest BCUT2D eigenvalue weighted by Crippen LogP contribution is -2.35. The van der Waals surface area contributed by atoms with Gasteiger partial charge in [0, 0.05) is 47.1 Å². The molecule has 9 nitrogen and oxygen atoms in total. The van der Waals surface area contributed by atoms with E-state index < -0.39 is 8.07 Å². The van der Waals surface area contributed by atoms with Crippen LogP contribution in [0.3, 0.4) is 0 Å². The molecule has 178 valence electrons. The maximum Gasteiger partial charge on any atom is 0.232 e. The highest BCUT2D eigenvalue weighted by atomic mass is 28.3. The molecule has 0 bridgehead atoms. The molecule has 0 aliphatic carbocycles.